The van der Waals surface area contributed by atoms with Crippen LogP contribution in [0.3, 0.4) is 0 Å². The van der Waals surface area contributed by atoms with Crippen LogP contribution < -0.4 is 11.1 Å². The molecule has 0 spiro atoms. The van der Waals surface area contributed by atoms with Gasteiger partial charge in [0.2, 0.25) is 5.91 Å². The van der Waals surface area contributed by atoms with E-state index >= 15 is 0 Å². The van der Waals surface area contributed by atoms with Gasteiger partial charge in [0.15, 0.2) is 6.10 Å². The van der Waals surface area contributed by atoms with Gasteiger partial charge in [-0.3, -0.25) is 9.59 Å². The van der Waals surface area contributed by atoms with Crippen molar-refractivity contribution in [2.24, 2.45) is 11.7 Å². The number of hydrogen-bond acceptors (Lipinski definition) is 3. The summed E-state index contributed by atoms with van der Waals surface area (Å²) in [5, 5.41) is 12.4. The first kappa shape index (κ1) is 13.5. The van der Waals surface area contributed by atoms with Crippen molar-refractivity contribution in [1.29, 1.82) is 0 Å². The Morgan fingerprint density at radius 2 is 1.95 bits per heavy atom. The SMILES string of the molecule is NC(=O)[C@H](CC1CC1)NC(=O)[C@@H](O)c1ccccc1. The Bertz CT molecular complexity index is 457. The van der Waals surface area contributed by atoms with Crippen molar-refractivity contribution in [1.82, 2.24) is 5.32 Å². The van der Waals surface area contributed by atoms with Crippen LogP contribution in [0.5, 0.6) is 0 Å². The third-order valence-corrected chi connectivity index (χ3v) is 3.29. The number of aliphatic hydroxyl groups is 1. The van der Waals surface area contributed by atoms with Crippen LogP contribution in [0.25, 0.3) is 0 Å². The topological polar surface area (TPSA) is 92.4 Å². The number of rotatable bonds is 6. The fourth-order valence-corrected chi connectivity index (χ4v) is 1.97. The fraction of sp³-hybridized carbons (Fsp3) is 0.429. The molecule has 2 atom stereocenters. The summed E-state index contributed by atoms with van der Waals surface area (Å²) in [5.41, 5.74) is 5.76. The van der Waals surface area contributed by atoms with Crippen molar-refractivity contribution in [3.8, 4) is 0 Å². The molecule has 1 aromatic carbocycles. The van der Waals surface area contributed by atoms with Crippen molar-refractivity contribution in [2.45, 2.75) is 31.4 Å². The van der Waals surface area contributed by atoms with Gasteiger partial charge < -0.3 is 16.2 Å². The maximum absolute atomic E-state index is 11.9. The van der Waals surface area contributed by atoms with E-state index in [1.807, 2.05) is 0 Å². The molecule has 0 aromatic heterocycles. The van der Waals surface area contributed by atoms with Gasteiger partial charge in [0, 0.05) is 0 Å². The summed E-state index contributed by atoms with van der Waals surface area (Å²) in [7, 11) is 0. The predicted molar refractivity (Wildman–Crippen MR) is 69.9 cm³/mol. The van der Waals surface area contributed by atoms with Crippen LogP contribution in [0.15, 0.2) is 30.3 Å². The molecule has 0 unspecified atom stereocenters. The van der Waals surface area contributed by atoms with Gasteiger partial charge in [0.05, 0.1) is 0 Å². The Morgan fingerprint density at radius 3 is 2.47 bits per heavy atom. The number of nitrogens with two attached hydrogens (primary N) is 1. The zero-order chi connectivity index (χ0) is 13.8. The Morgan fingerprint density at radius 1 is 1.32 bits per heavy atom. The smallest absolute Gasteiger partial charge is 0.254 e. The second-order valence-corrected chi connectivity index (χ2v) is 4.96. The number of carbonyl (C=O) groups is 2. The van der Waals surface area contributed by atoms with Crippen molar-refractivity contribution in [3.63, 3.8) is 0 Å². The van der Waals surface area contributed by atoms with Crippen LogP contribution in [-0.2, 0) is 9.59 Å². The van der Waals surface area contributed by atoms with Crippen LogP contribution in [0.2, 0.25) is 0 Å². The Hall–Kier alpha value is -1.88. The fourth-order valence-electron chi connectivity index (χ4n) is 1.97. The minimum atomic E-state index is -1.28. The summed E-state index contributed by atoms with van der Waals surface area (Å²) < 4.78 is 0. The van der Waals surface area contributed by atoms with Gasteiger partial charge in [0.25, 0.3) is 5.91 Å². The van der Waals surface area contributed by atoms with E-state index in [1.165, 1.54) is 0 Å². The minimum Gasteiger partial charge on any atom is -0.378 e. The number of benzene rings is 1. The van der Waals surface area contributed by atoms with Crippen LogP contribution in [0, 0.1) is 5.92 Å². The van der Waals surface area contributed by atoms with E-state index < -0.39 is 24.0 Å². The van der Waals surface area contributed by atoms with E-state index in [0.717, 1.165) is 12.8 Å². The van der Waals surface area contributed by atoms with Gasteiger partial charge in [-0.05, 0) is 17.9 Å². The zero-order valence-corrected chi connectivity index (χ0v) is 10.6. The highest BCUT2D eigenvalue weighted by Crippen LogP contribution is 2.33. The second kappa shape index (κ2) is 5.84. The van der Waals surface area contributed by atoms with E-state index in [1.54, 1.807) is 30.3 Å². The maximum atomic E-state index is 11.9. The molecule has 5 heteroatoms. The number of hydrogen-bond donors (Lipinski definition) is 3. The average molecular weight is 262 g/mol. The first-order valence-corrected chi connectivity index (χ1v) is 6.40. The molecule has 0 radical (unpaired) electrons. The third kappa shape index (κ3) is 3.79. The number of primary amides is 1. The molecule has 2 rings (SSSR count). The highest BCUT2D eigenvalue weighted by Gasteiger charge is 2.30. The normalized spacial score (nSPS) is 17.5. The average Bonchev–Trinajstić information content (AvgIpc) is 3.22. The van der Waals surface area contributed by atoms with Gasteiger partial charge in [-0.2, -0.15) is 0 Å². The van der Waals surface area contributed by atoms with Crippen LogP contribution in [0.1, 0.15) is 30.9 Å². The first-order valence-electron chi connectivity index (χ1n) is 6.40. The Balaban J connectivity index is 1.96. The highest BCUT2D eigenvalue weighted by atomic mass is 16.3. The molecule has 19 heavy (non-hydrogen) atoms. The molecule has 0 saturated heterocycles. The molecular weight excluding hydrogens is 244 g/mol. The molecule has 102 valence electrons. The summed E-state index contributed by atoms with van der Waals surface area (Å²) in [6.07, 6.45) is 1.42. The summed E-state index contributed by atoms with van der Waals surface area (Å²) in [5.74, 6) is -0.678. The summed E-state index contributed by atoms with van der Waals surface area (Å²) in [6.45, 7) is 0. The predicted octanol–water partition coefficient (Wildman–Crippen LogP) is 0.490. The maximum Gasteiger partial charge on any atom is 0.254 e. The third-order valence-electron chi connectivity index (χ3n) is 3.29. The summed E-state index contributed by atoms with van der Waals surface area (Å²) in [6, 6.07) is 7.89. The lowest BCUT2D eigenvalue weighted by molar-refractivity contribution is -0.133. The second-order valence-electron chi connectivity index (χ2n) is 4.96. The number of carbonyl (C=O) groups excluding carboxylic acids is 2. The number of amides is 2. The first-order chi connectivity index (χ1) is 9.08. The molecule has 1 aliphatic carbocycles. The highest BCUT2D eigenvalue weighted by molar-refractivity contribution is 5.89. The van der Waals surface area contributed by atoms with Crippen molar-refractivity contribution in [2.75, 3.05) is 0 Å². The Kier molecular flexibility index (Phi) is 4.16. The van der Waals surface area contributed by atoms with Gasteiger partial charge in [0.1, 0.15) is 6.04 Å². The lowest BCUT2D eigenvalue weighted by atomic mass is 10.1. The van der Waals surface area contributed by atoms with Crippen molar-refractivity contribution >= 4 is 11.8 Å². The minimum absolute atomic E-state index is 0.465. The van der Waals surface area contributed by atoms with E-state index in [0.29, 0.717) is 17.9 Å². The van der Waals surface area contributed by atoms with Crippen LogP contribution in [-0.4, -0.2) is 23.0 Å². The van der Waals surface area contributed by atoms with Crippen LogP contribution >= 0.6 is 0 Å². The molecule has 4 N–H and O–H groups in total. The van der Waals surface area contributed by atoms with Crippen LogP contribution in [0.4, 0.5) is 0 Å². The quantitative estimate of drug-likeness (QED) is 0.696. The molecule has 1 fully saturated rings. The number of nitrogens with one attached hydrogen (secondary N) is 1. The molecule has 0 aliphatic heterocycles. The van der Waals surface area contributed by atoms with Gasteiger partial charge in [-0.1, -0.05) is 43.2 Å². The van der Waals surface area contributed by atoms with Crippen molar-refractivity contribution < 1.29 is 14.7 Å². The molecule has 0 heterocycles. The lowest BCUT2D eigenvalue weighted by Crippen LogP contribution is -2.46. The standard InChI is InChI=1S/C14H18N2O3/c15-13(18)11(8-9-6-7-9)16-14(19)12(17)10-4-2-1-3-5-10/h1-5,9,11-12,17H,6-8H2,(H2,15,18)(H,16,19)/t11-,12-/m0/s1. The van der Waals surface area contributed by atoms with Gasteiger partial charge >= 0.3 is 0 Å². The van der Waals surface area contributed by atoms with Gasteiger partial charge in [-0.25, -0.2) is 0 Å². The Labute approximate surface area is 111 Å². The monoisotopic (exact) mass is 262 g/mol. The molecular formula is C14H18N2O3. The van der Waals surface area contributed by atoms with E-state index in [4.69, 9.17) is 5.73 Å². The molecule has 0 bridgehead atoms. The zero-order valence-electron chi connectivity index (χ0n) is 10.6. The molecule has 1 aromatic rings. The largest absolute Gasteiger partial charge is 0.378 e. The van der Waals surface area contributed by atoms with E-state index in [-0.39, 0.29) is 0 Å². The van der Waals surface area contributed by atoms with Crippen molar-refractivity contribution in [3.05, 3.63) is 35.9 Å². The molecule has 1 aliphatic rings. The molecule has 5 nitrogen and oxygen atoms in total. The molecule has 2 amide bonds. The molecule has 1 saturated carbocycles. The van der Waals surface area contributed by atoms with E-state index in [9.17, 15) is 14.7 Å². The lowest BCUT2D eigenvalue weighted by Gasteiger charge is -2.18. The summed E-state index contributed by atoms with van der Waals surface area (Å²) >= 11 is 0. The summed E-state index contributed by atoms with van der Waals surface area (Å²) in [4.78, 5) is 23.2. The van der Waals surface area contributed by atoms with E-state index in [2.05, 4.69) is 5.32 Å². The van der Waals surface area contributed by atoms with Gasteiger partial charge in [-0.15, -0.1) is 0 Å². The number of aliphatic hydroxyl groups excluding tert-OH is 1.